The molecule has 1 N–H and O–H groups in total. The van der Waals surface area contributed by atoms with Crippen LogP contribution in [0.25, 0.3) is 17.0 Å². The number of ether oxygens (including phenoxy) is 2. The number of amides is 1. The highest BCUT2D eigenvalue weighted by molar-refractivity contribution is 9.10. The average molecular weight is 486 g/mol. The summed E-state index contributed by atoms with van der Waals surface area (Å²) in [7, 11) is 1.57. The van der Waals surface area contributed by atoms with E-state index in [-0.39, 0.29) is 16.9 Å². The van der Waals surface area contributed by atoms with Gasteiger partial charge in [-0.25, -0.2) is 9.59 Å². The third-order valence-electron chi connectivity index (χ3n) is 4.29. The van der Waals surface area contributed by atoms with Crippen LogP contribution in [-0.4, -0.2) is 25.5 Å². The number of hydrogen-bond acceptors (Lipinski definition) is 6. The molecule has 8 heteroatoms. The van der Waals surface area contributed by atoms with E-state index in [1.54, 1.807) is 37.5 Å². The fourth-order valence-electron chi connectivity index (χ4n) is 2.75. The van der Waals surface area contributed by atoms with E-state index >= 15 is 0 Å². The number of halogens is 1. The molecule has 0 aliphatic rings. The number of rotatable bonds is 7. The molecule has 0 unspecified atom stereocenters. The number of hydrogen-bond donors (Lipinski definition) is 1. The number of methoxy groups -OCH3 is 1. The summed E-state index contributed by atoms with van der Waals surface area (Å²) in [6.07, 6.45) is 3.65. The van der Waals surface area contributed by atoms with Gasteiger partial charge in [-0.1, -0.05) is 13.0 Å². The summed E-state index contributed by atoms with van der Waals surface area (Å²) < 4.78 is 16.5. The van der Waals surface area contributed by atoms with E-state index in [2.05, 4.69) is 21.2 Å². The molecule has 1 heterocycles. The van der Waals surface area contributed by atoms with Gasteiger partial charge < -0.3 is 19.2 Å². The average Bonchev–Trinajstić information content (AvgIpc) is 2.75. The fourth-order valence-corrected chi connectivity index (χ4v) is 3.31. The van der Waals surface area contributed by atoms with Gasteiger partial charge in [-0.15, -0.1) is 0 Å². The highest BCUT2D eigenvalue weighted by atomic mass is 79.9. The molecular formula is C23H20BrNO6. The standard InChI is InChI=1S/C23H20BrNO6/c1-3-10-25-22(27)17-12-15-6-7-16(13-20(15)31-23(17)28)30-21(26)9-5-14-4-8-19(29-2)18(24)11-14/h4-9,11-13H,3,10H2,1-2H3,(H,25,27)/b9-5+. The third kappa shape index (κ3) is 5.61. The van der Waals surface area contributed by atoms with Crippen molar-refractivity contribution in [3.8, 4) is 11.5 Å². The molecule has 0 radical (unpaired) electrons. The normalized spacial score (nSPS) is 10.9. The highest BCUT2D eigenvalue weighted by Gasteiger charge is 2.14. The molecule has 31 heavy (non-hydrogen) atoms. The summed E-state index contributed by atoms with van der Waals surface area (Å²) in [6, 6.07) is 11.4. The van der Waals surface area contributed by atoms with Crippen molar-refractivity contribution >= 4 is 44.9 Å². The summed E-state index contributed by atoms with van der Waals surface area (Å²) in [5, 5.41) is 3.18. The van der Waals surface area contributed by atoms with Gasteiger partial charge in [-0.05, 0) is 64.3 Å². The van der Waals surface area contributed by atoms with E-state index in [1.807, 2.05) is 13.0 Å². The number of esters is 1. The SMILES string of the molecule is CCCNC(=O)c1cc2ccc(OC(=O)/C=C/c3ccc(OC)c(Br)c3)cc2oc1=O. The van der Waals surface area contributed by atoms with Gasteiger partial charge in [0.25, 0.3) is 5.91 Å². The summed E-state index contributed by atoms with van der Waals surface area (Å²) in [5.41, 5.74) is 0.169. The van der Waals surface area contributed by atoms with E-state index in [0.29, 0.717) is 17.7 Å². The maximum Gasteiger partial charge on any atom is 0.349 e. The Bertz CT molecular complexity index is 1210. The molecule has 0 spiro atoms. The van der Waals surface area contributed by atoms with Gasteiger partial charge in [0.05, 0.1) is 11.6 Å². The van der Waals surface area contributed by atoms with Crippen LogP contribution in [0.15, 0.2) is 62.2 Å². The lowest BCUT2D eigenvalue weighted by atomic mass is 10.1. The van der Waals surface area contributed by atoms with E-state index in [1.165, 1.54) is 18.2 Å². The molecule has 7 nitrogen and oxygen atoms in total. The number of benzene rings is 2. The molecular weight excluding hydrogens is 466 g/mol. The van der Waals surface area contributed by atoms with E-state index < -0.39 is 17.5 Å². The number of fused-ring (bicyclic) bond motifs is 1. The molecule has 1 amide bonds. The summed E-state index contributed by atoms with van der Waals surface area (Å²) >= 11 is 3.39. The molecule has 0 aliphatic carbocycles. The lowest BCUT2D eigenvalue weighted by Gasteiger charge is -2.06. The van der Waals surface area contributed by atoms with Crippen LogP contribution in [0.3, 0.4) is 0 Å². The van der Waals surface area contributed by atoms with Crippen LogP contribution in [0.2, 0.25) is 0 Å². The predicted molar refractivity (Wildman–Crippen MR) is 120 cm³/mol. The van der Waals surface area contributed by atoms with Gasteiger partial charge in [0, 0.05) is 24.1 Å². The second-order valence-electron chi connectivity index (χ2n) is 6.55. The van der Waals surface area contributed by atoms with Gasteiger partial charge in [0.1, 0.15) is 22.6 Å². The van der Waals surface area contributed by atoms with Gasteiger partial charge in [0.2, 0.25) is 0 Å². The van der Waals surface area contributed by atoms with Crippen molar-refractivity contribution in [1.82, 2.24) is 5.32 Å². The first-order chi connectivity index (χ1) is 14.9. The quantitative estimate of drug-likeness (QED) is 0.231. The van der Waals surface area contributed by atoms with Crippen LogP contribution in [0.5, 0.6) is 11.5 Å². The lowest BCUT2D eigenvalue weighted by Crippen LogP contribution is -2.28. The lowest BCUT2D eigenvalue weighted by molar-refractivity contribution is -0.128. The predicted octanol–water partition coefficient (Wildman–Crippen LogP) is 4.32. The van der Waals surface area contributed by atoms with E-state index in [9.17, 15) is 14.4 Å². The molecule has 3 aromatic rings. The van der Waals surface area contributed by atoms with Crippen LogP contribution in [0, 0.1) is 0 Å². The Kier molecular flexibility index (Phi) is 7.25. The largest absolute Gasteiger partial charge is 0.496 e. The molecule has 0 bridgehead atoms. The summed E-state index contributed by atoms with van der Waals surface area (Å²) in [4.78, 5) is 36.4. The second kappa shape index (κ2) is 10.1. The van der Waals surface area contributed by atoms with Crippen molar-refractivity contribution < 1.29 is 23.5 Å². The van der Waals surface area contributed by atoms with Gasteiger partial charge in [-0.2, -0.15) is 0 Å². The fraction of sp³-hybridized carbons (Fsp3) is 0.174. The van der Waals surface area contributed by atoms with Crippen LogP contribution in [-0.2, 0) is 4.79 Å². The van der Waals surface area contributed by atoms with Crippen molar-refractivity contribution in [1.29, 1.82) is 0 Å². The Morgan fingerprint density at radius 1 is 1.16 bits per heavy atom. The monoisotopic (exact) mass is 485 g/mol. The molecule has 0 fully saturated rings. The maximum atomic E-state index is 12.1. The van der Waals surface area contributed by atoms with Crippen molar-refractivity contribution in [2.75, 3.05) is 13.7 Å². The topological polar surface area (TPSA) is 94.8 Å². The first kappa shape index (κ1) is 22.3. The second-order valence-corrected chi connectivity index (χ2v) is 7.41. The zero-order chi connectivity index (χ0) is 22.4. The third-order valence-corrected chi connectivity index (χ3v) is 4.91. The first-order valence-electron chi connectivity index (χ1n) is 9.50. The van der Waals surface area contributed by atoms with Gasteiger partial charge >= 0.3 is 11.6 Å². The van der Waals surface area contributed by atoms with Crippen LogP contribution in [0.1, 0.15) is 29.3 Å². The zero-order valence-corrected chi connectivity index (χ0v) is 18.5. The summed E-state index contributed by atoms with van der Waals surface area (Å²) in [6.45, 7) is 2.38. The molecule has 3 rings (SSSR count). The van der Waals surface area contributed by atoms with E-state index in [4.69, 9.17) is 13.9 Å². The minimum absolute atomic E-state index is 0.0701. The number of carbonyl (C=O) groups is 2. The zero-order valence-electron chi connectivity index (χ0n) is 16.9. The Labute approximate surface area is 186 Å². The Morgan fingerprint density at radius 2 is 1.97 bits per heavy atom. The number of nitrogens with one attached hydrogen (secondary N) is 1. The van der Waals surface area contributed by atoms with Crippen molar-refractivity contribution in [3.63, 3.8) is 0 Å². The molecule has 0 aliphatic heterocycles. The molecule has 2 aromatic carbocycles. The van der Waals surface area contributed by atoms with Gasteiger partial charge in [-0.3, -0.25) is 4.79 Å². The van der Waals surface area contributed by atoms with Crippen LogP contribution < -0.4 is 20.4 Å². The van der Waals surface area contributed by atoms with Crippen LogP contribution >= 0.6 is 15.9 Å². The van der Waals surface area contributed by atoms with Crippen molar-refractivity contribution in [3.05, 3.63) is 74.6 Å². The van der Waals surface area contributed by atoms with Gasteiger partial charge in [0.15, 0.2) is 0 Å². The molecule has 160 valence electrons. The molecule has 0 atom stereocenters. The van der Waals surface area contributed by atoms with Crippen LogP contribution in [0.4, 0.5) is 0 Å². The summed E-state index contributed by atoms with van der Waals surface area (Å²) in [5.74, 6) is -0.180. The number of carbonyl (C=O) groups excluding carboxylic acids is 2. The Balaban J connectivity index is 1.74. The Hall–Kier alpha value is -3.39. The minimum atomic E-state index is -0.755. The Morgan fingerprint density at radius 3 is 2.68 bits per heavy atom. The first-order valence-corrected chi connectivity index (χ1v) is 10.3. The van der Waals surface area contributed by atoms with Crippen molar-refractivity contribution in [2.24, 2.45) is 0 Å². The molecule has 0 saturated carbocycles. The van der Waals surface area contributed by atoms with E-state index in [0.717, 1.165) is 16.5 Å². The maximum absolute atomic E-state index is 12.1. The molecule has 1 aromatic heterocycles. The van der Waals surface area contributed by atoms with Crippen molar-refractivity contribution in [2.45, 2.75) is 13.3 Å². The minimum Gasteiger partial charge on any atom is -0.496 e. The molecule has 0 saturated heterocycles. The highest BCUT2D eigenvalue weighted by Crippen LogP contribution is 2.26. The smallest absolute Gasteiger partial charge is 0.349 e.